The van der Waals surface area contributed by atoms with E-state index in [-0.39, 0.29) is 11.9 Å². The van der Waals surface area contributed by atoms with Crippen LogP contribution in [0, 0.1) is 5.82 Å². The number of aromatic nitrogens is 3. The minimum absolute atomic E-state index is 0.161. The molecule has 30 heavy (non-hydrogen) atoms. The Hall–Kier alpha value is -2.97. The van der Waals surface area contributed by atoms with E-state index >= 15 is 0 Å². The molecule has 0 amide bonds. The fourth-order valence-electron chi connectivity index (χ4n) is 3.47. The molecule has 0 aliphatic heterocycles. The Labute approximate surface area is 182 Å². The van der Waals surface area contributed by atoms with Crippen molar-refractivity contribution in [1.82, 2.24) is 14.5 Å². The lowest BCUT2D eigenvalue weighted by Gasteiger charge is -2.19. The van der Waals surface area contributed by atoms with Crippen LogP contribution in [0.2, 0.25) is 0 Å². The summed E-state index contributed by atoms with van der Waals surface area (Å²) in [5.74, 6) is 7.36. The van der Waals surface area contributed by atoms with Gasteiger partial charge in [-0.05, 0) is 83.9 Å². The highest BCUT2D eigenvalue weighted by atomic mass is 79.9. The summed E-state index contributed by atoms with van der Waals surface area (Å²) in [5.41, 5.74) is 3.41. The number of halogens is 2. The summed E-state index contributed by atoms with van der Waals surface area (Å²) in [6, 6.07) is 14.7. The second-order valence-electron chi connectivity index (χ2n) is 7.12. The van der Waals surface area contributed by atoms with Crippen LogP contribution in [0.25, 0.3) is 22.3 Å². The van der Waals surface area contributed by atoms with E-state index < -0.39 is 0 Å². The lowest BCUT2D eigenvalue weighted by Crippen LogP contribution is -2.26. The van der Waals surface area contributed by atoms with Crippen LogP contribution in [0.3, 0.4) is 0 Å². The van der Waals surface area contributed by atoms with Crippen LogP contribution in [-0.4, -0.2) is 21.6 Å². The van der Waals surface area contributed by atoms with Gasteiger partial charge in [-0.2, -0.15) is 0 Å². The molecule has 0 radical (unpaired) electrons. The molecule has 0 unspecified atom stereocenters. The van der Waals surface area contributed by atoms with Crippen molar-refractivity contribution < 1.29 is 9.13 Å². The molecule has 0 aliphatic rings. The Kier molecular flexibility index (Phi) is 5.44. The van der Waals surface area contributed by atoms with Crippen LogP contribution in [0.1, 0.15) is 19.9 Å². The number of methoxy groups -OCH3 is 1. The van der Waals surface area contributed by atoms with Gasteiger partial charge in [-0.25, -0.2) is 20.2 Å². The SMILES string of the molecule is COc1ccc(-c2cc3c(N(N)c4ccc(F)c(Br)c4)ncnc3n2C(C)C)cc1. The van der Waals surface area contributed by atoms with Gasteiger partial charge in [0, 0.05) is 6.04 Å². The molecule has 4 rings (SSSR count). The average molecular weight is 470 g/mol. The van der Waals surface area contributed by atoms with Gasteiger partial charge in [-0.3, -0.25) is 5.01 Å². The van der Waals surface area contributed by atoms with E-state index in [9.17, 15) is 4.39 Å². The van der Waals surface area contributed by atoms with Crippen LogP contribution in [0.4, 0.5) is 15.9 Å². The summed E-state index contributed by atoms with van der Waals surface area (Å²) in [6.45, 7) is 4.21. The van der Waals surface area contributed by atoms with E-state index in [1.54, 1.807) is 19.2 Å². The largest absolute Gasteiger partial charge is 0.497 e. The molecular formula is C22H21BrFN5O. The maximum absolute atomic E-state index is 13.7. The molecule has 0 saturated heterocycles. The second kappa shape index (κ2) is 8.04. The molecule has 0 spiro atoms. The summed E-state index contributed by atoms with van der Waals surface area (Å²) in [6.07, 6.45) is 1.49. The average Bonchev–Trinajstić information content (AvgIpc) is 3.15. The first-order chi connectivity index (χ1) is 14.4. The summed E-state index contributed by atoms with van der Waals surface area (Å²) >= 11 is 3.21. The number of nitrogens with zero attached hydrogens (tertiary/aromatic N) is 4. The maximum Gasteiger partial charge on any atom is 0.160 e. The van der Waals surface area contributed by atoms with E-state index in [4.69, 9.17) is 10.6 Å². The second-order valence-corrected chi connectivity index (χ2v) is 7.98. The third-order valence-electron chi connectivity index (χ3n) is 4.92. The minimum atomic E-state index is -0.354. The molecule has 8 heteroatoms. The van der Waals surface area contributed by atoms with E-state index in [0.29, 0.717) is 16.0 Å². The van der Waals surface area contributed by atoms with Crippen LogP contribution in [0.15, 0.2) is 59.3 Å². The standard InChI is InChI=1S/C22H21BrFN5O/c1-13(2)28-20(14-4-7-16(30-3)8-5-14)11-17-21(28)26-12-27-22(17)29(25)15-6-9-19(24)18(23)10-15/h4-13H,25H2,1-3H3. The summed E-state index contributed by atoms with van der Waals surface area (Å²) < 4.78 is 21.4. The number of anilines is 2. The molecule has 2 N–H and O–H groups in total. The van der Waals surface area contributed by atoms with Crippen LogP contribution < -0.4 is 15.6 Å². The van der Waals surface area contributed by atoms with Crippen molar-refractivity contribution in [3.05, 3.63) is 65.1 Å². The van der Waals surface area contributed by atoms with Crippen LogP contribution in [0.5, 0.6) is 5.75 Å². The zero-order valence-corrected chi connectivity index (χ0v) is 18.4. The van der Waals surface area contributed by atoms with E-state index in [1.165, 1.54) is 17.4 Å². The molecule has 0 fully saturated rings. The zero-order valence-electron chi connectivity index (χ0n) is 16.8. The highest BCUT2D eigenvalue weighted by Gasteiger charge is 2.20. The molecule has 2 aromatic carbocycles. The number of hydrogen-bond acceptors (Lipinski definition) is 5. The summed E-state index contributed by atoms with van der Waals surface area (Å²) in [4.78, 5) is 8.94. The number of hydrogen-bond donors (Lipinski definition) is 1. The van der Waals surface area contributed by atoms with Crippen LogP contribution >= 0.6 is 15.9 Å². The number of fused-ring (bicyclic) bond motifs is 1. The van der Waals surface area contributed by atoms with Gasteiger partial charge in [0.2, 0.25) is 0 Å². The smallest absolute Gasteiger partial charge is 0.160 e. The predicted molar refractivity (Wildman–Crippen MR) is 120 cm³/mol. The van der Waals surface area contributed by atoms with Gasteiger partial charge in [0.05, 0.1) is 28.4 Å². The molecule has 2 aromatic heterocycles. The summed E-state index contributed by atoms with van der Waals surface area (Å²) in [7, 11) is 1.64. The van der Waals surface area contributed by atoms with E-state index in [0.717, 1.165) is 28.0 Å². The first-order valence-electron chi connectivity index (χ1n) is 9.41. The third-order valence-corrected chi connectivity index (χ3v) is 5.53. The lowest BCUT2D eigenvalue weighted by atomic mass is 10.1. The van der Waals surface area contributed by atoms with E-state index in [2.05, 4.69) is 44.3 Å². The normalized spacial score (nSPS) is 11.3. The molecule has 0 saturated carbocycles. The molecule has 0 bridgehead atoms. The number of nitrogens with two attached hydrogens (primary N) is 1. The molecule has 154 valence electrons. The Morgan fingerprint density at radius 1 is 1.10 bits per heavy atom. The van der Waals surface area contributed by atoms with Crippen molar-refractivity contribution >= 4 is 38.5 Å². The van der Waals surface area contributed by atoms with Gasteiger partial charge >= 0.3 is 0 Å². The Bertz CT molecular complexity index is 1210. The number of rotatable bonds is 5. The van der Waals surface area contributed by atoms with Gasteiger partial charge in [-0.1, -0.05) is 0 Å². The minimum Gasteiger partial charge on any atom is -0.497 e. The molecular weight excluding hydrogens is 449 g/mol. The van der Waals surface area contributed by atoms with Crippen molar-refractivity contribution in [2.45, 2.75) is 19.9 Å². The van der Waals surface area contributed by atoms with Crippen molar-refractivity contribution in [3.63, 3.8) is 0 Å². The quantitative estimate of drug-likeness (QED) is 0.304. The van der Waals surface area contributed by atoms with Gasteiger partial charge in [0.25, 0.3) is 0 Å². The van der Waals surface area contributed by atoms with Crippen molar-refractivity contribution in [2.24, 2.45) is 5.84 Å². The maximum atomic E-state index is 13.7. The van der Waals surface area contributed by atoms with Crippen molar-refractivity contribution in [3.8, 4) is 17.0 Å². The lowest BCUT2D eigenvalue weighted by molar-refractivity contribution is 0.415. The first kappa shape index (κ1) is 20.3. The van der Waals surface area contributed by atoms with Gasteiger partial charge < -0.3 is 9.30 Å². The van der Waals surface area contributed by atoms with Gasteiger partial charge in [-0.15, -0.1) is 0 Å². The molecule has 6 nitrogen and oxygen atoms in total. The summed E-state index contributed by atoms with van der Waals surface area (Å²) in [5, 5.41) is 2.25. The van der Waals surface area contributed by atoms with Crippen LogP contribution in [-0.2, 0) is 0 Å². The number of ether oxygens (including phenoxy) is 1. The van der Waals surface area contributed by atoms with Gasteiger partial charge in [0.15, 0.2) is 5.82 Å². The van der Waals surface area contributed by atoms with Crippen molar-refractivity contribution in [1.29, 1.82) is 0 Å². The fraction of sp³-hybridized carbons (Fsp3) is 0.182. The molecule has 2 heterocycles. The highest BCUT2D eigenvalue weighted by molar-refractivity contribution is 9.10. The van der Waals surface area contributed by atoms with Gasteiger partial charge in [0.1, 0.15) is 23.5 Å². The zero-order chi connectivity index (χ0) is 21.4. The fourth-order valence-corrected chi connectivity index (χ4v) is 3.84. The van der Waals surface area contributed by atoms with E-state index in [1.807, 2.05) is 30.3 Å². The molecule has 0 aliphatic carbocycles. The molecule has 4 aromatic rings. The predicted octanol–water partition coefficient (Wildman–Crippen LogP) is 5.60. The first-order valence-corrected chi connectivity index (χ1v) is 10.2. The Balaban J connectivity index is 1.89. The Morgan fingerprint density at radius 2 is 1.83 bits per heavy atom. The number of hydrazine groups is 1. The molecule has 0 atom stereocenters. The topological polar surface area (TPSA) is 69.2 Å². The Morgan fingerprint density at radius 3 is 2.47 bits per heavy atom. The number of benzene rings is 2. The third kappa shape index (κ3) is 3.53. The van der Waals surface area contributed by atoms with Crippen molar-refractivity contribution in [2.75, 3.05) is 12.1 Å². The highest BCUT2D eigenvalue weighted by Crippen LogP contribution is 2.36. The monoisotopic (exact) mass is 469 g/mol.